The first kappa shape index (κ1) is 16.1. The molecule has 3 unspecified atom stereocenters. The number of aryl methyl sites for hydroxylation is 1. The van der Waals surface area contributed by atoms with E-state index in [2.05, 4.69) is 13.8 Å². The quantitative estimate of drug-likeness (QED) is 0.845. The third kappa shape index (κ3) is 2.03. The van der Waals surface area contributed by atoms with E-state index >= 15 is 0 Å². The smallest absolute Gasteiger partial charge is 0.238 e. The molecule has 0 N–H and O–H groups in total. The molecular formula is C19H25NO3S. The molecule has 2 aliphatic carbocycles. The van der Waals surface area contributed by atoms with Crippen LogP contribution in [0.1, 0.15) is 45.1 Å². The second kappa shape index (κ2) is 5.07. The second-order valence-electron chi connectivity index (χ2n) is 8.30. The van der Waals surface area contributed by atoms with Crippen LogP contribution in [0.4, 0.5) is 0 Å². The van der Waals surface area contributed by atoms with Crippen molar-refractivity contribution in [1.82, 2.24) is 4.31 Å². The molecule has 0 aromatic heterocycles. The fourth-order valence-electron chi connectivity index (χ4n) is 5.62. The van der Waals surface area contributed by atoms with Gasteiger partial charge < -0.3 is 0 Å². The van der Waals surface area contributed by atoms with Crippen LogP contribution in [0.5, 0.6) is 0 Å². The van der Waals surface area contributed by atoms with Gasteiger partial charge in [-0.25, -0.2) is 12.7 Å². The summed E-state index contributed by atoms with van der Waals surface area (Å²) in [6.45, 7) is 4.41. The van der Waals surface area contributed by atoms with Gasteiger partial charge in [0.05, 0.1) is 11.8 Å². The second-order valence-corrected chi connectivity index (χ2v) is 10.1. The number of hydrogen-bond donors (Lipinski definition) is 0. The van der Waals surface area contributed by atoms with Gasteiger partial charge in [-0.1, -0.05) is 44.2 Å². The lowest BCUT2D eigenvalue weighted by Crippen LogP contribution is -2.44. The molecule has 1 aliphatic heterocycles. The van der Waals surface area contributed by atoms with Gasteiger partial charge in [0.1, 0.15) is 0 Å². The largest absolute Gasteiger partial charge is 0.274 e. The molecule has 5 heteroatoms. The summed E-state index contributed by atoms with van der Waals surface area (Å²) in [5, 5.41) is 0. The van der Waals surface area contributed by atoms with Crippen LogP contribution < -0.4 is 0 Å². The molecule has 130 valence electrons. The summed E-state index contributed by atoms with van der Waals surface area (Å²) in [5.41, 5.74) is 0.864. The Balaban J connectivity index is 1.58. The van der Waals surface area contributed by atoms with Crippen molar-refractivity contribution in [3.8, 4) is 0 Å². The molecule has 1 aromatic carbocycles. The average Bonchev–Trinajstić information content (AvgIpc) is 3.01. The maximum atomic E-state index is 12.8. The van der Waals surface area contributed by atoms with E-state index in [1.807, 2.05) is 30.3 Å². The first-order valence-corrected chi connectivity index (χ1v) is 10.5. The first-order chi connectivity index (χ1) is 11.3. The zero-order chi connectivity index (χ0) is 17.2. The lowest BCUT2D eigenvalue weighted by molar-refractivity contribution is -0.129. The normalized spacial score (nSPS) is 35.2. The van der Waals surface area contributed by atoms with Gasteiger partial charge in [-0.15, -0.1) is 0 Å². The number of carbonyl (C=O) groups excluding carboxylic acids is 1. The highest BCUT2D eigenvalue weighted by molar-refractivity contribution is 7.90. The summed E-state index contributed by atoms with van der Waals surface area (Å²) < 4.78 is 26.9. The molecule has 1 spiro atoms. The number of hydrogen-bond acceptors (Lipinski definition) is 3. The molecule has 2 saturated carbocycles. The SMILES string of the molecule is CC1(C)C2CCC13CS(=O)(=O)N(C(=O)CCc1ccccc1)C3C2. The topological polar surface area (TPSA) is 54.5 Å². The number of carbonyl (C=O) groups is 1. The maximum absolute atomic E-state index is 12.8. The molecule has 4 rings (SSSR count). The molecule has 24 heavy (non-hydrogen) atoms. The van der Waals surface area contributed by atoms with E-state index in [4.69, 9.17) is 0 Å². The van der Waals surface area contributed by atoms with E-state index in [-0.39, 0.29) is 35.0 Å². The summed E-state index contributed by atoms with van der Waals surface area (Å²) in [4.78, 5) is 12.8. The number of benzene rings is 1. The zero-order valence-corrected chi connectivity index (χ0v) is 15.2. The monoisotopic (exact) mass is 347 g/mol. The van der Waals surface area contributed by atoms with E-state index in [1.165, 1.54) is 4.31 Å². The third-order valence-corrected chi connectivity index (χ3v) is 9.06. The highest BCUT2D eigenvalue weighted by Crippen LogP contribution is 2.69. The Bertz CT molecular complexity index is 771. The van der Waals surface area contributed by atoms with Crippen LogP contribution in [-0.2, 0) is 21.2 Å². The van der Waals surface area contributed by atoms with Crippen molar-refractivity contribution in [3.63, 3.8) is 0 Å². The molecular weight excluding hydrogens is 322 g/mol. The Morgan fingerprint density at radius 3 is 2.62 bits per heavy atom. The molecule has 0 radical (unpaired) electrons. The maximum Gasteiger partial charge on any atom is 0.238 e. The minimum atomic E-state index is -3.48. The molecule has 1 aromatic rings. The number of fused-ring (bicyclic) bond motifs is 1. The molecule has 3 fully saturated rings. The highest BCUT2D eigenvalue weighted by atomic mass is 32.2. The van der Waals surface area contributed by atoms with E-state index < -0.39 is 10.0 Å². The number of rotatable bonds is 3. The van der Waals surface area contributed by atoms with Gasteiger partial charge >= 0.3 is 0 Å². The van der Waals surface area contributed by atoms with Gasteiger partial charge in [-0.05, 0) is 42.6 Å². The summed E-state index contributed by atoms with van der Waals surface area (Å²) in [7, 11) is -3.48. The van der Waals surface area contributed by atoms with Crippen LogP contribution in [-0.4, -0.2) is 30.4 Å². The minimum Gasteiger partial charge on any atom is -0.274 e. The Hall–Kier alpha value is -1.36. The molecule has 1 heterocycles. The first-order valence-electron chi connectivity index (χ1n) is 8.87. The van der Waals surface area contributed by atoms with E-state index in [9.17, 15) is 13.2 Å². The minimum absolute atomic E-state index is 0.0131. The fourth-order valence-corrected chi connectivity index (χ4v) is 8.20. The predicted octanol–water partition coefficient (Wildman–Crippen LogP) is 2.99. The van der Waals surface area contributed by atoms with Crippen molar-refractivity contribution in [2.45, 2.75) is 52.0 Å². The van der Waals surface area contributed by atoms with Crippen molar-refractivity contribution in [2.75, 3.05) is 5.75 Å². The molecule has 1 saturated heterocycles. The van der Waals surface area contributed by atoms with Crippen molar-refractivity contribution in [2.24, 2.45) is 16.7 Å². The fraction of sp³-hybridized carbons (Fsp3) is 0.632. The summed E-state index contributed by atoms with van der Waals surface area (Å²) in [6, 6.07) is 9.68. The average molecular weight is 347 g/mol. The van der Waals surface area contributed by atoms with Crippen LogP contribution in [0, 0.1) is 16.7 Å². The lowest BCUT2D eigenvalue weighted by atomic mass is 9.69. The number of amides is 1. The van der Waals surface area contributed by atoms with Crippen LogP contribution in [0.2, 0.25) is 0 Å². The van der Waals surface area contributed by atoms with E-state index in [1.54, 1.807) is 0 Å². The predicted molar refractivity (Wildman–Crippen MR) is 92.7 cm³/mol. The molecule has 2 bridgehead atoms. The van der Waals surface area contributed by atoms with Gasteiger partial charge in [0.2, 0.25) is 15.9 Å². The Labute approximate surface area is 144 Å². The Morgan fingerprint density at radius 1 is 1.25 bits per heavy atom. The van der Waals surface area contributed by atoms with Crippen molar-refractivity contribution < 1.29 is 13.2 Å². The van der Waals surface area contributed by atoms with Crippen LogP contribution >= 0.6 is 0 Å². The Kier molecular flexibility index (Phi) is 3.41. The number of sulfonamides is 1. The van der Waals surface area contributed by atoms with Gasteiger partial charge in [0, 0.05) is 11.8 Å². The Morgan fingerprint density at radius 2 is 1.96 bits per heavy atom. The van der Waals surface area contributed by atoms with E-state index in [0.29, 0.717) is 12.3 Å². The van der Waals surface area contributed by atoms with Gasteiger partial charge in [-0.3, -0.25) is 4.79 Å². The molecule has 3 atom stereocenters. The van der Waals surface area contributed by atoms with Crippen LogP contribution in [0.3, 0.4) is 0 Å². The van der Waals surface area contributed by atoms with Crippen LogP contribution in [0.15, 0.2) is 30.3 Å². The molecule has 3 aliphatic rings. The van der Waals surface area contributed by atoms with Gasteiger partial charge in [0.25, 0.3) is 0 Å². The van der Waals surface area contributed by atoms with Crippen molar-refractivity contribution in [1.29, 1.82) is 0 Å². The zero-order valence-electron chi connectivity index (χ0n) is 14.4. The van der Waals surface area contributed by atoms with Crippen LogP contribution in [0.25, 0.3) is 0 Å². The lowest BCUT2D eigenvalue weighted by Gasteiger charge is -2.37. The summed E-state index contributed by atoms with van der Waals surface area (Å²) in [5.74, 6) is 0.483. The van der Waals surface area contributed by atoms with Gasteiger partial charge in [0.15, 0.2) is 0 Å². The van der Waals surface area contributed by atoms with E-state index in [0.717, 1.165) is 24.8 Å². The van der Waals surface area contributed by atoms with Crippen molar-refractivity contribution in [3.05, 3.63) is 35.9 Å². The standard InChI is InChI=1S/C19H25NO3S/c1-18(2)15-10-11-19(18)13-24(22,23)20(16(19)12-15)17(21)9-8-14-6-4-3-5-7-14/h3-7,15-16H,8-13H2,1-2H3. The number of nitrogens with zero attached hydrogens (tertiary/aromatic N) is 1. The molecule has 1 amide bonds. The summed E-state index contributed by atoms with van der Waals surface area (Å²) >= 11 is 0. The molecule has 4 nitrogen and oxygen atoms in total. The van der Waals surface area contributed by atoms with Crippen molar-refractivity contribution >= 4 is 15.9 Å². The van der Waals surface area contributed by atoms with Gasteiger partial charge in [-0.2, -0.15) is 0 Å². The summed E-state index contributed by atoms with van der Waals surface area (Å²) in [6.07, 6.45) is 3.75. The third-order valence-electron chi connectivity index (χ3n) is 7.13. The highest BCUT2D eigenvalue weighted by Gasteiger charge is 2.72.